The van der Waals surface area contributed by atoms with E-state index < -0.39 is 0 Å². The second-order valence-electron chi connectivity index (χ2n) is 6.75. The molecular weight excluding hydrogens is 271 g/mol. The van der Waals surface area contributed by atoms with E-state index in [1.807, 2.05) is 0 Å². The lowest BCUT2D eigenvalue weighted by atomic mass is 9.77. The molecule has 1 aromatic carbocycles. The van der Waals surface area contributed by atoms with Crippen LogP contribution in [0.5, 0.6) is 0 Å². The van der Waals surface area contributed by atoms with E-state index in [1.165, 1.54) is 56.1 Å². The minimum absolute atomic E-state index is 0.188. The van der Waals surface area contributed by atoms with Crippen LogP contribution in [-0.2, 0) is 6.42 Å². The zero-order valence-electron chi connectivity index (χ0n) is 14.1. The molecule has 1 aliphatic rings. The fraction of sp³-hybridized carbons (Fsp3) is 0.619. The van der Waals surface area contributed by atoms with Crippen LogP contribution in [0.1, 0.15) is 75.3 Å². The first-order valence-corrected chi connectivity index (χ1v) is 9.13. The van der Waals surface area contributed by atoms with Gasteiger partial charge in [0, 0.05) is 0 Å². The Balaban J connectivity index is 1.73. The van der Waals surface area contributed by atoms with E-state index in [9.17, 15) is 4.39 Å². The summed E-state index contributed by atoms with van der Waals surface area (Å²) in [6.07, 6.45) is 15.0. The van der Waals surface area contributed by atoms with E-state index in [1.54, 1.807) is 0 Å². The van der Waals surface area contributed by atoms with Crippen LogP contribution in [-0.4, -0.2) is 6.67 Å². The lowest BCUT2D eigenvalue weighted by Gasteiger charge is -2.28. The number of hydrogen-bond acceptors (Lipinski definition) is 0. The number of alkyl halides is 1. The van der Waals surface area contributed by atoms with Crippen LogP contribution in [0.4, 0.5) is 4.39 Å². The van der Waals surface area contributed by atoms with Gasteiger partial charge in [-0.25, -0.2) is 0 Å². The highest BCUT2D eigenvalue weighted by Gasteiger charge is 2.21. The molecule has 0 heterocycles. The topological polar surface area (TPSA) is 0 Å². The monoisotopic (exact) mass is 302 g/mol. The second kappa shape index (κ2) is 9.82. The number of allylic oxidation sites excluding steroid dienone is 2. The molecule has 0 N–H and O–H groups in total. The van der Waals surface area contributed by atoms with Gasteiger partial charge in [-0.3, -0.25) is 4.39 Å². The van der Waals surface area contributed by atoms with Crippen molar-refractivity contribution < 1.29 is 4.39 Å². The zero-order chi connectivity index (χ0) is 15.6. The molecule has 0 spiro atoms. The second-order valence-corrected chi connectivity index (χ2v) is 6.75. The Kier molecular flexibility index (Phi) is 7.70. The zero-order valence-corrected chi connectivity index (χ0v) is 14.1. The Bertz CT molecular complexity index is 424. The minimum Gasteiger partial charge on any atom is -0.251 e. The van der Waals surface area contributed by atoms with Crippen molar-refractivity contribution in [2.45, 2.75) is 70.6 Å². The van der Waals surface area contributed by atoms with Crippen molar-refractivity contribution in [1.29, 1.82) is 0 Å². The molecule has 0 bridgehead atoms. The van der Waals surface area contributed by atoms with Gasteiger partial charge >= 0.3 is 0 Å². The molecule has 0 unspecified atom stereocenters. The van der Waals surface area contributed by atoms with Gasteiger partial charge in [-0.1, -0.05) is 49.8 Å². The Morgan fingerprint density at radius 1 is 1.05 bits per heavy atom. The van der Waals surface area contributed by atoms with Gasteiger partial charge in [0.15, 0.2) is 0 Å². The van der Waals surface area contributed by atoms with Crippen molar-refractivity contribution >= 4 is 0 Å². The van der Waals surface area contributed by atoms with Crippen molar-refractivity contribution in [3.8, 4) is 0 Å². The van der Waals surface area contributed by atoms with Crippen LogP contribution in [0.15, 0.2) is 36.4 Å². The fourth-order valence-electron chi connectivity index (χ4n) is 3.58. The Morgan fingerprint density at radius 3 is 2.41 bits per heavy atom. The average Bonchev–Trinajstić information content (AvgIpc) is 2.56. The van der Waals surface area contributed by atoms with Crippen molar-refractivity contribution in [3.05, 3.63) is 47.5 Å². The molecule has 0 radical (unpaired) electrons. The minimum atomic E-state index is -0.188. The van der Waals surface area contributed by atoms with Gasteiger partial charge in [-0.2, -0.15) is 0 Å². The van der Waals surface area contributed by atoms with E-state index >= 15 is 0 Å². The normalized spacial score (nSPS) is 22.3. The van der Waals surface area contributed by atoms with Gasteiger partial charge in [-0.15, -0.1) is 0 Å². The number of rotatable bonds is 8. The summed E-state index contributed by atoms with van der Waals surface area (Å²) in [7, 11) is 0. The fourth-order valence-corrected chi connectivity index (χ4v) is 3.58. The van der Waals surface area contributed by atoms with Crippen LogP contribution >= 0.6 is 0 Å². The number of unbranched alkanes of at least 4 members (excludes halogenated alkanes) is 1. The third-order valence-electron chi connectivity index (χ3n) is 4.98. The standard InChI is InChI=1S/C21H31F/c1-2-7-18-9-13-20(14-10-18)21-15-11-19(12-16-21)8-5-3-4-6-17-22/h3,5,9-10,13-14,19,21H,2,4,6-8,11-12,15-17H2,1H3/t19-,21-. The summed E-state index contributed by atoms with van der Waals surface area (Å²) in [6.45, 7) is 2.05. The third kappa shape index (κ3) is 5.59. The summed E-state index contributed by atoms with van der Waals surface area (Å²) in [5.41, 5.74) is 3.01. The predicted molar refractivity (Wildman–Crippen MR) is 94.1 cm³/mol. The molecule has 0 aliphatic heterocycles. The summed E-state index contributed by atoms with van der Waals surface area (Å²) >= 11 is 0. The number of benzene rings is 1. The predicted octanol–water partition coefficient (Wildman–Crippen LogP) is 6.61. The molecule has 122 valence electrons. The SMILES string of the molecule is CCCc1ccc([C@H]2CC[C@H](CC=CCCCF)CC2)cc1. The Labute approximate surface area is 135 Å². The van der Waals surface area contributed by atoms with E-state index in [0.29, 0.717) is 6.42 Å². The largest absolute Gasteiger partial charge is 0.251 e. The highest BCUT2D eigenvalue weighted by molar-refractivity contribution is 5.25. The molecule has 1 fully saturated rings. The maximum Gasteiger partial charge on any atom is 0.0897 e. The summed E-state index contributed by atoms with van der Waals surface area (Å²) in [5, 5.41) is 0. The highest BCUT2D eigenvalue weighted by atomic mass is 19.1. The van der Waals surface area contributed by atoms with Gasteiger partial charge in [-0.05, 0) is 74.3 Å². The summed E-state index contributed by atoms with van der Waals surface area (Å²) in [6, 6.07) is 9.34. The highest BCUT2D eigenvalue weighted by Crippen LogP contribution is 2.37. The quantitative estimate of drug-likeness (QED) is 0.374. The molecule has 0 nitrogen and oxygen atoms in total. The summed E-state index contributed by atoms with van der Waals surface area (Å²) in [4.78, 5) is 0. The van der Waals surface area contributed by atoms with Gasteiger partial charge in [0.05, 0.1) is 6.67 Å². The molecule has 0 atom stereocenters. The van der Waals surface area contributed by atoms with Crippen molar-refractivity contribution in [2.24, 2.45) is 5.92 Å². The number of aryl methyl sites for hydroxylation is 1. The molecular formula is C21H31F. The molecule has 2 rings (SSSR count). The molecule has 0 saturated heterocycles. The van der Waals surface area contributed by atoms with E-state index in [-0.39, 0.29) is 6.67 Å². The molecule has 0 aromatic heterocycles. The number of halogens is 1. The van der Waals surface area contributed by atoms with E-state index in [2.05, 4.69) is 43.3 Å². The van der Waals surface area contributed by atoms with Crippen LogP contribution in [0.3, 0.4) is 0 Å². The summed E-state index contributed by atoms with van der Waals surface area (Å²) < 4.78 is 12.0. The Morgan fingerprint density at radius 2 is 1.77 bits per heavy atom. The lowest BCUT2D eigenvalue weighted by Crippen LogP contribution is -2.12. The lowest BCUT2D eigenvalue weighted by molar-refractivity contribution is 0.328. The van der Waals surface area contributed by atoms with Gasteiger partial charge in [0.25, 0.3) is 0 Å². The van der Waals surface area contributed by atoms with Crippen molar-refractivity contribution in [2.75, 3.05) is 6.67 Å². The Hall–Kier alpha value is -1.11. The van der Waals surface area contributed by atoms with Crippen LogP contribution < -0.4 is 0 Å². The van der Waals surface area contributed by atoms with Crippen molar-refractivity contribution in [1.82, 2.24) is 0 Å². The maximum atomic E-state index is 12.0. The molecule has 22 heavy (non-hydrogen) atoms. The van der Waals surface area contributed by atoms with Gasteiger partial charge in [0.1, 0.15) is 0 Å². The first-order chi connectivity index (χ1) is 10.8. The van der Waals surface area contributed by atoms with Crippen LogP contribution in [0.2, 0.25) is 0 Å². The molecule has 1 aliphatic carbocycles. The molecule has 0 amide bonds. The smallest absolute Gasteiger partial charge is 0.0897 e. The number of hydrogen-bond donors (Lipinski definition) is 0. The first kappa shape index (κ1) is 17.2. The maximum absolute atomic E-state index is 12.0. The summed E-state index contributed by atoms with van der Waals surface area (Å²) in [5.74, 6) is 1.61. The van der Waals surface area contributed by atoms with E-state index in [4.69, 9.17) is 0 Å². The van der Waals surface area contributed by atoms with Crippen molar-refractivity contribution in [3.63, 3.8) is 0 Å². The van der Waals surface area contributed by atoms with Crippen LogP contribution in [0, 0.1) is 5.92 Å². The third-order valence-corrected chi connectivity index (χ3v) is 4.98. The van der Waals surface area contributed by atoms with Gasteiger partial charge < -0.3 is 0 Å². The van der Waals surface area contributed by atoms with E-state index in [0.717, 1.165) is 18.3 Å². The molecule has 1 heteroatoms. The molecule has 1 saturated carbocycles. The molecule has 1 aromatic rings. The van der Waals surface area contributed by atoms with Gasteiger partial charge in [0.2, 0.25) is 0 Å². The van der Waals surface area contributed by atoms with Crippen LogP contribution in [0.25, 0.3) is 0 Å². The first-order valence-electron chi connectivity index (χ1n) is 9.13. The average molecular weight is 302 g/mol.